The largest absolute Gasteiger partial charge is 0.493 e. The Morgan fingerprint density at radius 3 is 2.37 bits per heavy atom. The van der Waals surface area contributed by atoms with Crippen molar-refractivity contribution in [3.63, 3.8) is 0 Å². The number of ether oxygens (including phenoxy) is 2. The number of amides is 4. The smallest absolute Gasteiger partial charge is 0.329 e. The van der Waals surface area contributed by atoms with Crippen LogP contribution in [0.25, 0.3) is 0 Å². The van der Waals surface area contributed by atoms with E-state index >= 15 is 0 Å². The van der Waals surface area contributed by atoms with Crippen LogP contribution in [0.4, 0.5) is 4.79 Å². The summed E-state index contributed by atoms with van der Waals surface area (Å²) in [6.45, 7) is 5.00. The average molecular weight is 379 g/mol. The molecule has 3 N–H and O–H groups in total. The summed E-state index contributed by atoms with van der Waals surface area (Å²) in [5.74, 6) is -1.94. The molecule has 0 aromatic heterocycles. The lowest BCUT2D eigenvalue weighted by atomic mass is 10.0. The summed E-state index contributed by atoms with van der Waals surface area (Å²) in [6, 6.07) is 4.98. The molecule has 1 aromatic carbocycles. The monoisotopic (exact) mass is 379 g/mol. The van der Waals surface area contributed by atoms with E-state index in [-0.39, 0.29) is 11.5 Å². The third kappa shape index (κ3) is 6.96. The second-order valence-electron chi connectivity index (χ2n) is 5.86. The molecule has 0 aliphatic rings. The maximum atomic E-state index is 12.6. The van der Waals surface area contributed by atoms with Crippen LogP contribution in [-0.2, 0) is 14.3 Å². The molecule has 9 heteroatoms. The molecule has 0 bridgehead atoms. The van der Waals surface area contributed by atoms with Gasteiger partial charge in [0.05, 0.1) is 12.2 Å². The van der Waals surface area contributed by atoms with Crippen molar-refractivity contribution >= 4 is 23.8 Å². The quantitative estimate of drug-likeness (QED) is 0.575. The van der Waals surface area contributed by atoms with Crippen LogP contribution >= 0.6 is 0 Å². The van der Waals surface area contributed by atoms with Gasteiger partial charge in [-0.1, -0.05) is 26.0 Å². The second-order valence-corrected chi connectivity index (χ2v) is 5.86. The molecular weight excluding hydrogens is 354 g/mol. The molecule has 4 amide bonds. The van der Waals surface area contributed by atoms with Crippen molar-refractivity contribution in [2.45, 2.75) is 26.8 Å². The molecule has 1 rings (SSSR count). The summed E-state index contributed by atoms with van der Waals surface area (Å²) in [6.07, 6.45) is 0. The predicted octanol–water partition coefficient (Wildman–Crippen LogP) is 0.839. The van der Waals surface area contributed by atoms with Gasteiger partial charge in [-0.05, 0) is 25.0 Å². The Bertz CT molecular complexity index is 689. The molecule has 0 unspecified atom stereocenters. The number of rotatable bonds is 8. The number of carbonyl (C=O) groups excluding carboxylic acids is 4. The molecule has 27 heavy (non-hydrogen) atoms. The van der Waals surface area contributed by atoms with Crippen molar-refractivity contribution in [2.75, 3.05) is 20.3 Å². The van der Waals surface area contributed by atoms with Crippen LogP contribution in [0.1, 0.15) is 31.1 Å². The fourth-order valence-electron chi connectivity index (χ4n) is 2.10. The highest BCUT2D eigenvalue weighted by Gasteiger charge is 2.27. The highest BCUT2D eigenvalue weighted by atomic mass is 16.5. The van der Waals surface area contributed by atoms with Gasteiger partial charge in [-0.15, -0.1) is 0 Å². The summed E-state index contributed by atoms with van der Waals surface area (Å²) in [7, 11) is 1.35. The minimum Gasteiger partial charge on any atom is -0.493 e. The van der Waals surface area contributed by atoms with E-state index in [1.165, 1.54) is 7.05 Å². The van der Waals surface area contributed by atoms with Crippen LogP contribution in [0.15, 0.2) is 24.3 Å². The van der Waals surface area contributed by atoms with Gasteiger partial charge in [-0.3, -0.25) is 14.9 Å². The van der Waals surface area contributed by atoms with Gasteiger partial charge in [0.15, 0.2) is 6.61 Å². The number of urea groups is 1. The molecule has 0 saturated heterocycles. The number of imide groups is 1. The minimum absolute atomic E-state index is 0.287. The molecule has 148 valence electrons. The number of carbonyl (C=O) groups is 4. The lowest BCUT2D eigenvalue weighted by Crippen LogP contribution is -2.47. The van der Waals surface area contributed by atoms with E-state index < -0.39 is 36.5 Å². The van der Waals surface area contributed by atoms with Crippen LogP contribution in [0.2, 0.25) is 0 Å². The Balaban J connectivity index is 2.76. The van der Waals surface area contributed by atoms with E-state index in [1.54, 1.807) is 45.0 Å². The fraction of sp³-hybridized carbons (Fsp3) is 0.444. The van der Waals surface area contributed by atoms with Crippen LogP contribution < -0.4 is 20.7 Å². The van der Waals surface area contributed by atoms with Gasteiger partial charge < -0.3 is 20.1 Å². The maximum Gasteiger partial charge on any atom is 0.329 e. The number of hydrogen-bond donors (Lipinski definition) is 3. The predicted molar refractivity (Wildman–Crippen MR) is 97.3 cm³/mol. The SMILES string of the molecule is CCOc1ccccc1C(=O)N[C@H](C(=O)OCC(=O)NC(=O)NC)C(C)C. The first-order valence-electron chi connectivity index (χ1n) is 8.51. The number of hydrogen-bond acceptors (Lipinski definition) is 6. The Kier molecular flexibility index (Phi) is 8.77. The molecule has 0 aliphatic heterocycles. The van der Waals surface area contributed by atoms with Gasteiger partial charge in [0.25, 0.3) is 11.8 Å². The van der Waals surface area contributed by atoms with E-state index in [1.807, 2.05) is 5.32 Å². The second kappa shape index (κ2) is 10.8. The first-order valence-corrected chi connectivity index (χ1v) is 8.51. The van der Waals surface area contributed by atoms with Gasteiger partial charge in [0.1, 0.15) is 11.8 Å². The first kappa shape index (κ1) is 21.9. The van der Waals surface area contributed by atoms with Crippen molar-refractivity contribution < 1.29 is 28.7 Å². The van der Waals surface area contributed by atoms with Gasteiger partial charge in [0, 0.05) is 7.05 Å². The van der Waals surface area contributed by atoms with E-state index in [0.717, 1.165) is 0 Å². The Labute approximate surface area is 157 Å². The number of nitrogens with one attached hydrogen (secondary N) is 3. The third-order valence-corrected chi connectivity index (χ3v) is 3.46. The van der Waals surface area contributed by atoms with Crippen molar-refractivity contribution in [1.82, 2.24) is 16.0 Å². The average Bonchev–Trinajstić information content (AvgIpc) is 2.64. The van der Waals surface area contributed by atoms with Crippen molar-refractivity contribution in [1.29, 1.82) is 0 Å². The van der Waals surface area contributed by atoms with Gasteiger partial charge >= 0.3 is 12.0 Å². The van der Waals surface area contributed by atoms with Crippen LogP contribution in [0.5, 0.6) is 5.75 Å². The lowest BCUT2D eigenvalue weighted by molar-refractivity contribution is -0.151. The fourth-order valence-corrected chi connectivity index (χ4v) is 2.10. The molecule has 0 aliphatic carbocycles. The van der Waals surface area contributed by atoms with Crippen LogP contribution in [0, 0.1) is 5.92 Å². The molecule has 0 fully saturated rings. The van der Waals surface area contributed by atoms with Gasteiger partial charge in [0.2, 0.25) is 0 Å². The molecule has 0 heterocycles. The van der Waals surface area contributed by atoms with Crippen molar-refractivity contribution in [3.8, 4) is 5.75 Å². The summed E-state index contributed by atoms with van der Waals surface area (Å²) >= 11 is 0. The maximum absolute atomic E-state index is 12.6. The van der Waals surface area contributed by atoms with E-state index in [2.05, 4.69) is 10.6 Å². The molecule has 9 nitrogen and oxygen atoms in total. The minimum atomic E-state index is -0.972. The zero-order chi connectivity index (χ0) is 20.4. The summed E-state index contributed by atoms with van der Waals surface area (Å²) < 4.78 is 10.3. The number of para-hydroxylation sites is 1. The molecule has 0 spiro atoms. The van der Waals surface area contributed by atoms with Gasteiger partial charge in [-0.25, -0.2) is 9.59 Å². The Hall–Kier alpha value is -3.10. The van der Waals surface area contributed by atoms with Crippen LogP contribution in [0.3, 0.4) is 0 Å². The molecule has 0 saturated carbocycles. The molecule has 0 radical (unpaired) electrons. The zero-order valence-electron chi connectivity index (χ0n) is 15.8. The Morgan fingerprint density at radius 1 is 1.11 bits per heavy atom. The number of esters is 1. The Morgan fingerprint density at radius 2 is 1.78 bits per heavy atom. The number of benzene rings is 1. The normalized spacial score (nSPS) is 11.3. The standard InChI is InChI=1S/C18H25N3O6/c1-5-26-13-9-7-6-8-12(13)16(23)21-15(11(2)3)17(24)27-10-14(22)20-18(25)19-4/h6-9,11,15H,5,10H2,1-4H3,(H,21,23)(H2,19,20,22,25)/t15-/m0/s1. The highest BCUT2D eigenvalue weighted by molar-refractivity contribution is 5.99. The summed E-state index contributed by atoms with van der Waals surface area (Å²) in [5, 5.41) is 6.78. The van der Waals surface area contributed by atoms with Crippen molar-refractivity contribution in [3.05, 3.63) is 29.8 Å². The summed E-state index contributed by atoms with van der Waals surface area (Å²) in [5.41, 5.74) is 0.287. The van der Waals surface area contributed by atoms with Crippen molar-refractivity contribution in [2.24, 2.45) is 5.92 Å². The molecular formula is C18H25N3O6. The highest BCUT2D eigenvalue weighted by Crippen LogP contribution is 2.18. The van der Waals surface area contributed by atoms with E-state index in [9.17, 15) is 19.2 Å². The molecule has 1 aromatic rings. The van der Waals surface area contributed by atoms with E-state index in [4.69, 9.17) is 9.47 Å². The van der Waals surface area contributed by atoms with Gasteiger partial charge in [-0.2, -0.15) is 0 Å². The first-order chi connectivity index (χ1) is 12.8. The lowest BCUT2D eigenvalue weighted by Gasteiger charge is -2.21. The van der Waals surface area contributed by atoms with E-state index in [0.29, 0.717) is 12.4 Å². The summed E-state index contributed by atoms with van der Waals surface area (Å²) in [4.78, 5) is 47.4. The van der Waals surface area contributed by atoms with Crippen LogP contribution in [-0.4, -0.2) is 50.1 Å². The topological polar surface area (TPSA) is 123 Å². The third-order valence-electron chi connectivity index (χ3n) is 3.46. The zero-order valence-corrected chi connectivity index (χ0v) is 15.8. The molecule has 1 atom stereocenters.